The molecule has 0 amide bonds. The summed E-state index contributed by atoms with van der Waals surface area (Å²) < 4.78 is 33.9. The summed E-state index contributed by atoms with van der Waals surface area (Å²) >= 11 is 0. The van der Waals surface area contributed by atoms with Gasteiger partial charge in [-0.05, 0) is 42.0 Å². The van der Waals surface area contributed by atoms with Gasteiger partial charge >= 0.3 is 5.97 Å². The van der Waals surface area contributed by atoms with Gasteiger partial charge < -0.3 is 14.7 Å². The molecule has 146 valence electrons. The molecule has 6 nitrogen and oxygen atoms in total. The van der Waals surface area contributed by atoms with E-state index in [0.29, 0.717) is 22.4 Å². The first-order valence-electron chi connectivity index (χ1n) is 8.69. The van der Waals surface area contributed by atoms with E-state index in [-0.39, 0.29) is 23.2 Å². The number of carbonyl (C=O) groups is 1. The zero-order valence-electron chi connectivity index (χ0n) is 15.3. The highest BCUT2D eigenvalue weighted by molar-refractivity contribution is 5.93. The summed E-state index contributed by atoms with van der Waals surface area (Å²) in [6, 6.07) is 11.2. The first-order valence-corrected chi connectivity index (χ1v) is 8.69. The minimum atomic E-state index is -0.660. The van der Waals surface area contributed by atoms with Crippen LogP contribution < -0.4 is 5.56 Å². The topological polar surface area (TPSA) is 87.8 Å². The van der Waals surface area contributed by atoms with Gasteiger partial charge in [0.1, 0.15) is 17.5 Å². The molecule has 8 heteroatoms. The number of esters is 1. The molecule has 0 radical (unpaired) electrons. The van der Waals surface area contributed by atoms with Gasteiger partial charge in [0.15, 0.2) is 0 Å². The van der Waals surface area contributed by atoms with Gasteiger partial charge in [0.25, 0.3) is 0 Å². The number of halogens is 2. The second-order valence-corrected chi connectivity index (χ2v) is 6.44. The van der Waals surface area contributed by atoms with E-state index in [2.05, 4.69) is 19.7 Å². The standard InChI is InChI=1S/C21H15F2N3O3/c1-29-21(28)11-5-6-17-18(8-11)25-19(24-17)9-12-7-15(23)13(10-14(12)22)16-3-2-4-20(27)26-16/h2-8,10H,9H2,1H3,(H,24,25)(H,26,27). The van der Waals surface area contributed by atoms with Crippen LogP contribution in [-0.2, 0) is 11.2 Å². The van der Waals surface area contributed by atoms with Gasteiger partial charge in [-0.15, -0.1) is 0 Å². The number of pyridine rings is 1. The molecule has 0 aliphatic heterocycles. The van der Waals surface area contributed by atoms with Gasteiger partial charge in [-0.3, -0.25) is 4.79 Å². The van der Waals surface area contributed by atoms with E-state index in [4.69, 9.17) is 0 Å². The number of imidazole rings is 1. The summed E-state index contributed by atoms with van der Waals surface area (Å²) in [5.41, 5.74) is 1.40. The highest BCUT2D eigenvalue weighted by Crippen LogP contribution is 2.25. The number of fused-ring (bicyclic) bond motifs is 1. The number of ether oxygens (including phenoxy) is 1. The zero-order chi connectivity index (χ0) is 20.5. The second-order valence-electron chi connectivity index (χ2n) is 6.44. The van der Waals surface area contributed by atoms with Gasteiger partial charge in [0.05, 0.1) is 29.4 Å². The maximum atomic E-state index is 14.6. The Morgan fingerprint density at radius 3 is 2.66 bits per heavy atom. The molecule has 0 unspecified atom stereocenters. The van der Waals surface area contributed by atoms with E-state index in [1.165, 1.54) is 25.3 Å². The number of methoxy groups -OCH3 is 1. The molecule has 0 aliphatic carbocycles. The van der Waals surface area contributed by atoms with E-state index in [0.717, 1.165) is 12.1 Å². The fourth-order valence-corrected chi connectivity index (χ4v) is 3.11. The third-order valence-electron chi connectivity index (χ3n) is 4.50. The van der Waals surface area contributed by atoms with Gasteiger partial charge in [0.2, 0.25) is 5.56 Å². The Kier molecular flexibility index (Phi) is 4.67. The Hall–Kier alpha value is -3.81. The lowest BCUT2D eigenvalue weighted by Gasteiger charge is -2.07. The van der Waals surface area contributed by atoms with Crippen LogP contribution in [0.3, 0.4) is 0 Å². The molecule has 0 bridgehead atoms. The maximum absolute atomic E-state index is 14.6. The largest absolute Gasteiger partial charge is 0.465 e. The molecular formula is C21H15F2N3O3. The zero-order valence-corrected chi connectivity index (χ0v) is 15.3. The molecule has 4 aromatic rings. The van der Waals surface area contributed by atoms with Crippen molar-refractivity contribution >= 4 is 17.0 Å². The summed E-state index contributed by atoms with van der Waals surface area (Å²) in [6.45, 7) is 0. The number of hydrogen-bond acceptors (Lipinski definition) is 4. The molecule has 0 saturated heterocycles. The minimum Gasteiger partial charge on any atom is -0.465 e. The number of rotatable bonds is 4. The summed E-state index contributed by atoms with van der Waals surface area (Å²) in [5.74, 6) is -1.35. The number of carbonyl (C=O) groups excluding carboxylic acids is 1. The lowest BCUT2D eigenvalue weighted by Crippen LogP contribution is -2.05. The van der Waals surface area contributed by atoms with Crippen LogP contribution in [0, 0.1) is 11.6 Å². The van der Waals surface area contributed by atoms with Gasteiger partial charge in [-0.1, -0.05) is 6.07 Å². The molecule has 0 fully saturated rings. The normalized spacial score (nSPS) is 11.0. The number of H-pyrrole nitrogens is 2. The van der Waals surface area contributed by atoms with Crippen LogP contribution in [-0.4, -0.2) is 28.0 Å². The van der Waals surface area contributed by atoms with Crippen molar-refractivity contribution in [3.8, 4) is 11.3 Å². The van der Waals surface area contributed by atoms with Crippen LogP contribution in [0.5, 0.6) is 0 Å². The van der Waals surface area contributed by atoms with Crippen LogP contribution in [0.15, 0.2) is 53.3 Å². The Morgan fingerprint density at radius 2 is 1.90 bits per heavy atom. The van der Waals surface area contributed by atoms with E-state index in [9.17, 15) is 18.4 Å². The Balaban J connectivity index is 1.66. The molecule has 4 rings (SSSR count). The van der Waals surface area contributed by atoms with Crippen molar-refractivity contribution < 1.29 is 18.3 Å². The van der Waals surface area contributed by atoms with E-state index in [1.54, 1.807) is 18.2 Å². The van der Waals surface area contributed by atoms with Gasteiger partial charge in [-0.2, -0.15) is 0 Å². The van der Waals surface area contributed by atoms with Crippen molar-refractivity contribution in [2.75, 3.05) is 7.11 Å². The first kappa shape index (κ1) is 18.5. The molecule has 0 saturated carbocycles. The smallest absolute Gasteiger partial charge is 0.337 e. The van der Waals surface area contributed by atoms with E-state index < -0.39 is 23.2 Å². The van der Waals surface area contributed by atoms with Crippen LogP contribution in [0.4, 0.5) is 8.78 Å². The summed E-state index contributed by atoms with van der Waals surface area (Å²) in [7, 11) is 1.29. The molecule has 0 spiro atoms. The Labute approximate surface area is 163 Å². The lowest BCUT2D eigenvalue weighted by atomic mass is 10.0. The number of aromatic amines is 2. The van der Waals surface area contributed by atoms with Crippen LogP contribution in [0.2, 0.25) is 0 Å². The quantitative estimate of drug-likeness (QED) is 0.517. The molecule has 0 aliphatic rings. The Bertz CT molecular complexity index is 1290. The predicted molar refractivity (Wildman–Crippen MR) is 103 cm³/mol. The fraction of sp³-hybridized carbons (Fsp3) is 0.0952. The first-order chi connectivity index (χ1) is 13.9. The highest BCUT2D eigenvalue weighted by Gasteiger charge is 2.15. The molecular weight excluding hydrogens is 380 g/mol. The summed E-state index contributed by atoms with van der Waals surface area (Å²) in [4.78, 5) is 32.9. The molecule has 2 N–H and O–H groups in total. The molecule has 29 heavy (non-hydrogen) atoms. The summed E-state index contributed by atoms with van der Waals surface area (Å²) in [5, 5.41) is 0. The number of aromatic nitrogens is 3. The van der Waals surface area contributed by atoms with Crippen molar-refractivity contribution in [3.05, 3.63) is 87.5 Å². The van der Waals surface area contributed by atoms with Crippen LogP contribution in [0.25, 0.3) is 22.3 Å². The van der Waals surface area contributed by atoms with Crippen molar-refractivity contribution in [2.45, 2.75) is 6.42 Å². The highest BCUT2D eigenvalue weighted by atomic mass is 19.1. The maximum Gasteiger partial charge on any atom is 0.337 e. The van der Waals surface area contributed by atoms with Crippen molar-refractivity contribution in [3.63, 3.8) is 0 Å². The van der Waals surface area contributed by atoms with Gasteiger partial charge in [-0.25, -0.2) is 18.6 Å². The number of hydrogen-bond donors (Lipinski definition) is 2. The average molecular weight is 395 g/mol. The SMILES string of the molecule is COC(=O)c1ccc2nc(Cc3cc(F)c(-c4cccc(=O)[nH]4)cc3F)[nH]c2c1. The van der Waals surface area contributed by atoms with Crippen molar-refractivity contribution in [1.82, 2.24) is 15.0 Å². The van der Waals surface area contributed by atoms with Crippen LogP contribution in [0.1, 0.15) is 21.7 Å². The average Bonchev–Trinajstić information content (AvgIpc) is 3.11. The molecule has 0 atom stereocenters. The van der Waals surface area contributed by atoms with E-state index in [1.807, 2.05) is 0 Å². The molecule has 2 heterocycles. The van der Waals surface area contributed by atoms with Gasteiger partial charge in [0, 0.05) is 18.1 Å². The molecule has 2 aromatic carbocycles. The number of nitrogens with one attached hydrogen (secondary N) is 2. The predicted octanol–water partition coefficient (Wildman–Crippen LogP) is 3.57. The third-order valence-corrected chi connectivity index (χ3v) is 4.50. The van der Waals surface area contributed by atoms with Crippen LogP contribution >= 0.6 is 0 Å². The van der Waals surface area contributed by atoms with Crippen molar-refractivity contribution in [1.29, 1.82) is 0 Å². The number of nitrogens with zero attached hydrogens (tertiary/aromatic N) is 1. The van der Waals surface area contributed by atoms with E-state index >= 15 is 0 Å². The second kappa shape index (κ2) is 7.31. The lowest BCUT2D eigenvalue weighted by molar-refractivity contribution is 0.0601. The molecule has 2 aromatic heterocycles. The fourth-order valence-electron chi connectivity index (χ4n) is 3.11. The third kappa shape index (κ3) is 3.64. The minimum absolute atomic E-state index is 0.0244. The number of benzene rings is 2. The van der Waals surface area contributed by atoms with Crippen molar-refractivity contribution in [2.24, 2.45) is 0 Å². The summed E-state index contributed by atoms with van der Waals surface area (Å²) in [6.07, 6.45) is 0.0244. The monoisotopic (exact) mass is 395 g/mol. The Morgan fingerprint density at radius 1 is 1.07 bits per heavy atom.